The molecule has 0 radical (unpaired) electrons. The Labute approximate surface area is 171 Å². The zero-order valence-electron chi connectivity index (χ0n) is 16.8. The van der Waals surface area contributed by atoms with Gasteiger partial charge in [0.15, 0.2) is 6.61 Å². The number of carbonyl (C=O) groups is 2. The molecule has 0 saturated carbocycles. The van der Waals surface area contributed by atoms with Crippen LogP contribution in [0.25, 0.3) is 0 Å². The van der Waals surface area contributed by atoms with E-state index in [0.717, 1.165) is 12.0 Å². The fourth-order valence-corrected chi connectivity index (χ4v) is 2.86. The Morgan fingerprint density at radius 3 is 2.43 bits per heavy atom. The number of ether oxygens (including phenoxy) is 1. The van der Waals surface area contributed by atoms with Crippen LogP contribution in [0, 0.1) is 0 Å². The van der Waals surface area contributed by atoms with Gasteiger partial charge in [-0.2, -0.15) is 0 Å². The van der Waals surface area contributed by atoms with Gasteiger partial charge in [-0.05, 0) is 41.7 Å². The molecule has 0 aliphatic carbocycles. The minimum Gasteiger partial charge on any atom is -0.483 e. The van der Waals surface area contributed by atoms with Crippen LogP contribution < -0.4 is 15.4 Å². The quantitative estimate of drug-likeness (QED) is 0.652. The van der Waals surface area contributed by atoms with Crippen LogP contribution in [0.15, 0.2) is 42.5 Å². The normalized spacial score (nSPS) is 11.0. The highest BCUT2D eigenvalue weighted by Gasteiger charge is 2.19. The molecule has 0 unspecified atom stereocenters. The number of hydrogen-bond acceptors (Lipinski definition) is 3. The van der Waals surface area contributed by atoms with Gasteiger partial charge in [0.1, 0.15) is 5.75 Å². The standard InChI is InChI=1S/C22H27ClN2O3/c1-5-8-20(26)24-15-11-12-17(23)18(13-15)25-21(27)14-28-19-10-7-6-9-16(19)22(2,3)4/h6-7,9-13H,5,8,14H2,1-4H3,(H,24,26)(H,25,27). The van der Waals surface area contributed by atoms with Gasteiger partial charge in [0.25, 0.3) is 5.91 Å². The van der Waals surface area contributed by atoms with Crippen molar-refractivity contribution in [1.29, 1.82) is 0 Å². The van der Waals surface area contributed by atoms with Crippen molar-refractivity contribution >= 4 is 34.8 Å². The lowest BCUT2D eigenvalue weighted by atomic mass is 9.86. The maximum absolute atomic E-state index is 12.4. The van der Waals surface area contributed by atoms with Gasteiger partial charge in [0.2, 0.25) is 5.91 Å². The topological polar surface area (TPSA) is 67.4 Å². The Morgan fingerprint density at radius 2 is 1.75 bits per heavy atom. The molecule has 5 nitrogen and oxygen atoms in total. The summed E-state index contributed by atoms with van der Waals surface area (Å²) in [6.07, 6.45) is 1.20. The van der Waals surface area contributed by atoms with Gasteiger partial charge in [0.05, 0.1) is 10.7 Å². The molecular formula is C22H27ClN2O3. The summed E-state index contributed by atoms with van der Waals surface area (Å²) in [5, 5.41) is 5.91. The van der Waals surface area contributed by atoms with Crippen molar-refractivity contribution in [2.75, 3.05) is 17.2 Å². The van der Waals surface area contributed by atoms with Crippen LogP contribution in [0.3, 0.4) is 0 Å². The highest BCUT2D eigenvalue weighted by atomic mass is 35.5. The first-order valence-electron chi connectivity index (χ1n) is 9.32. The molecule has 6 heteroatoms. The molecule has 2 amide bonds. The van der Waals surface area contributed by atoms with Crippen molar-refractivity contribution in [2.24, 2.45) is 0 Å². The number of hydrogen-bond donors (Lipinski definition) is 2. The van der Waals surface area contributed by atoms with E-state index in [9.17, 15) is 9.59 Å². The number of halogens is 1. The van der Waals surface area contributed by atoms with Crippen molar-refractivity contribution in [1.82, 2.24) is 0 Å². The number of benzene rings is 2. The van der Waals surface area contributed by atoms with Gasteiger partial charge in [-0.15, -0.1) is 0 Å². The monoisotopic (exact) mass is 402 g/mol. The smallest absolute Gasteiger partial charge is 0.262 e. The summed E-state index contributed by atoms with van der Waals surface area (Å²) in [5.41, 5.74) is 1.94. The van der Waals surface area contributed by atoms with Crippen molar-refractivity contribution in [3.63, 3.8) is 0 Å². The zero-order valence-corrected chi connectivity index (χ0v) is 17.5. The molecule has 0 saturated heterocycles. The van der Waals surface area contributed by atoms with Crippen LogP contribution in [0.5, 0.6) is 5.75 Å². The SMILES string of the molecule is CCCC(=O)Nc1ccc(Cl)c(NC(=O)COc2ccccc2C(C)(C)C)c1. The van der Waals surface area contributed by atoms with Crippen LogP contribution in [-0.4, -0.2) is 18.4 Å². The third kappa shape index (κ3) is 6.27. The molecule has 2 rings (SSSR count). The van der Waals surface area contributed by atoms with Crippen LogP contribution in [0.2, 0.25) is 5.02 Å². The first-order chi connectivity index (χ1) is 13.2. The Balaban J connectivity index is 2.03. The van der Waals surface area contributed by atoms with E-state index >= 15 is 0 Å². The number of amides is 2. The summed E-state index contributed by atoms with van der Waals surface area (Å²) >= 11 is 6.17. The number of nitrogens with one attached hydrogen (secondary N) is 2. The number of rotatable bonds is 7. The molecule has 0 aliphatic rings. The van der Waals surface area contributed by atoms with Gasteiger partial charge in [-0.3, -0.25) is 9.59 Å². The van der Waals surface area contributed by atoms with Crippen LogP contribution >= 0.6 is 11.6 Å². The van der Waals surface area contributed by atoms with E-state index in [4.69, 9.17) is 16.3 Å². The van der Waals surface area contributed by atoms with Crippen LogP contribution in [0.1, 0.15) is 46.1 Å². The molecule has 2 N–H and O–H groups in total. The molecule has 28 heavy (non-hydrogen) atoms. The number of carbonyl (C=O) groups excluding carboxylic acids is 2. The van der Waals surface area contributed by atoms with E-state index < -0.39 is 0 Å². The van der Waals surface area contributed by atoms with E-state index in [1.807, 2.05) is 31.2 Å². The predicted molar refractivity (Wildman–Crippen MR) is 114 cm³/mol. The van der Waals surface area contributed by atoms with E-state index in [1.165, 1.54) is 0 Å². The second-order valence-electron chi connectivity index (χ2n) is 7.58. The van der Waals surface area contributed by atoms with Crippen molar-refractivity contribution in [3.8, 4) is 5.75 Å². The first kappa shape index (κ1) is 21.8. The van der Waals surface area contributed by atoms with E-state index in [1.54, 1.807) is 18.2 Å². The molecule has 0 aliphatic heterocycles. The molecule has 0 spiro atoms. The van der Waals surface area contributed by atoms with E-state index in [0.29, 0.717) is 28.6 Å². The van der Waals surface area contributed by atoms with Crippen molar-refractivity contribution in [3.05, 3.63) is 53.1 Å². The fraction of sp³-hybridized carbons (Fsp3) is 0.364. The summed E-state index contributed by atoms with van der Waals surface area (Å²) in [6, 6.07) is 12.6. The number of para-hydroxylation sites is 1. The Bertz CT molecular complexity index is 844. The van der Waals surface area contributed by atoms with Gasteiger partial charge in [-0.25, -0.2) is 0 Å². The van der Waals surface area contributed by atoms with Gasteiger partial charge in [0, 0.05) is 12.1 Å². The second-order valence-corrected chi connectivity index (χ2v) is 7.98. The summed E-state index contributed by atoms with van der Waals surface area (Å²) in [7, 11) is 0. The third-order valence-corrected chi connectivity index (χ3v) is 4.38. The summed E-state index contributed by atoms with van der Waals surface area (Å²) in [6.45, 7) is 8.06. The molecule has 150 valence electrons. The Hall–Kier alpha value is -2.53. The maximum Gasteiger partial charge on any atom is 0.262 e. The van der Waals surface area contributed by atoms with E-state index in [2.05, 4.69) is 31.4 Å². The molecule has 0 heterocycles. The Kier molecular flexibility index (Phi) is 7.46. The summed E-state index contributed by atoms with van der Waals surface area (Å²) in [5.74, 6) is 0.267. The van der Waals surface area contributed by atoms with Crippen molar-refractivity contribution < 1.29 is 14.3 Å². The minimum absolute atomic E-state index is 0.0794. The summed E-state index contributed by atoms with van der Waals surface area (Å²) < 4.78 is 5.74. The van der Waals surface area contributed by atoms with Crippen LogP contribution in [0.4, 0.5) is 11.4 Å². The minimum atomic E-state index is -0.331. The van der Waals surface area contributed by atoms with Crippen LogP contribution in [-0.2, 0) is 15.0 Å². The lowest BCUT2D eigenvalue weighted by molar-refractivity contribution is -0.118. The average molecular weight is 403 g/mol. The highest BCUT2D eigenvalue weighted by Crippen LogP contribution is 2.31. The van der Waals surface area contributed by atoms with Gasteiger partial charge < -0.3 is 15.4 Å². The first-order valence-corrected chi connectivity index (χ1v) is 9.70. The number of anilines is 2. The molecule has 0 fully saturated rings. The van der Waals surface area contributed by atoms with Gasteiger partial charge >= 0.3 is 0 Å². The predicted octanol–water partition coefficient (Wildman–Crippen LogP) is 5.39. The maximum atomic E-state index is 12.4. The molecule has 2 aromatic carbocycles. The largest absolute Gasteiger partial charge is 0.483 e. The zero-order chi connectivity index (χ0) is 20.7. The summed E-state index contributed by atoms with van der Waals surface area (Å²) in [4.78, 5) is 24.1. The lowest BCUT2D eigenvalue weighted by Crippen LogP contribution is -2.22. The second kappa shape index (κ2) is 9.60. The van der Waals surface area contributed by atoms with Gasteiger partial charge in [-0.1, -0.05) is 57.5 Å². The van der Waals surface area contributed by atoms with E-state index in [-0.39, 0.29) is 23.8 Å². The third-order valence-electron chi connectivity index (χ3n) is 4.06. The Morgan fingerprint density at radius 1 is 1.04 bits per heavy atom. The molecule has 0 bridgehead atoms. The van der Waals surface area contributed by atoms with Crippen molar-refractivity contribution in [2.45, 2.75) is 46.0 Å². The lowest BCUT2D eigenvalue weighted by Gasteiger charge is -2.22. The molecule has 0 atom stereocenters. The average Bonchev–Trinajstić information content (AvgIpc) is 2.62. The molecule has 2 aromatic rings. The molecular weight excluding hydrogens is 376 g/mol. The highest BCUT2D eigenvalue weighted by molar-refractivity contribution is 6.33. The fourth-order valence-electron chi connectivity index (χ4n) is 2.69. The molecule has 0 aromatic heterocycles.